The number of hydrogen-bond acceptors (Lipinski definition) is 6. The van der Waals surface area contributed by atoms with Gasteiger partial charge in [-0.1, -0.05) is 0 Å². The van der Waals surface area contributed by atoms with Gasteiger partial charge in [0.15, 0.2) is 9.84 Å². The Balaban J connectivity index is 2.40. The predicted octanol–water partition coefficient (Wildman–Crippen LogP) is 1.56. The molecule has 2 unspecified atom stereocenters. The lowest BCUT2D eigenvalue weighted by molar-refractivity contribution is -0.384. The molecule has 1 aromatic rings. The Labute approximate surface area is 130 Å². The highest BCUT2D eigenvalue weighted by Crippen LogP contribution is 2.33. The summed E-state index contributed by atoms with van der Waals surface area (Å²) in [6.45, 7) is 3.30. The minimum atomic E-state index is -3.47. The van der Waals surface area contributed by atoms with Crippen LogP contribution in [0.2, 0.25) is 0 Å². The smallest absolute Gasteiger partial charge is 0.293 e. The Morgan fingerprint density at radius 3 is 2.68 bits per heavy atom. The number of benzene rings is 1. The highest BCUT2D eigenvalue weighted by Gasteiger charge is 2.28. The highest BCUT2D eigenvalue weighted by molar-refractivity contribution is 7.90. The first-order valence-corrected chi connectivity index (χ1v) is 9.08. The molecule has 1 heterocycles. The Bertz CT molecular complexity index is 673. The molecule has 22 heavy (non-hydrogen) atoms. The van der Waals surface area contributed by atoms with E-state index in [2.05, 4.69) is 0 Å². The number of nitro groups is 1. The Hall–Kier alpha value is -1.67. The number of anilines is 1. The van der Waals surface area contributed by atoms with Gasteiger partial charge in [-0.2, -0.15) is 0 Å². The van der Waals surface area contributed by atoms with Crippen molar-refractivity contribution < 1.29 is 13.3 Å². The van der Waals surface area contributed by atoms with Crippen molar-refractivity contribution in [3.63, 3.8) is 0 Å². The van der Waals surface area contributed by atoms with Gasteiger partial charge in [-0.3, -0.25) is 10.1 Å². The molecule has 2 N–H and O–H groups in total. The second-order valence-electron chi connectivity index (χ2n) is 5.89. The second-order valence-corrected chi connectivity index (χ2v) is 7.90. The predicted molar refractivity (Wildman–Crippen MR) is 84.8 cm³/mol. The molecule has 1 aromatic carbocycles. The average molecular weight is 327 g/mol. The molecule has 2 atom stereocenters. The van der Waals surface area contributed by atoms with Crippen molar-refractivity contribution >= 4 is 21.2 Å². The Morgan fingerprint density at radius 1 is 1.45 bits per heavy atom. The van der Waals surface area contributed by atoms with Gasteiger partial charge in [0.25, 0.3) is 5.69 Å². The lowest BCUT2D eigenvalue weighted by Crippen LogP contribution is -2.42. The number of nitrogens with zero attached hydrogens (tertiary/aromatic N) is 2. The summed E-state index contributed by atoms with van der Waals surface area (Å²) in [6.07, 6.45) is 2.96. The van der Waals surface area contributed by atoms with Gasteiger partial charge < -0.3 is 10.6 Å². The summed E-state index contributed by atoms with van der Waals surface area (Å²) in [5.41, 5.74) is 6.23. The monoisotopic (exact) mass is 327 g/mol. The van der Waals surface area contributed by atoms with Crippen molar-refractivity contribution in [2.24, 2.45) is 11.7 Å². The molecule has 0 spiro atoms. The van der Waals surface area contributed by atoms with E-state index < -0.39 is 14.8 Å². The van der Waals surface area contributed by atoms with Crippen LogP contribution in [0.25, 0.3) is 0 Å². The summed E-state index contributed by atoms with van der Waals surface area (Å²) in [5, 5.41) is 11.3. The molecule has 2 rings (SSSR count). The maximum Gasteiger partial charge on any atom is 0.293 e. The zero-order valence-electron chi connectivity index (χ0n) is 12.7. The van der Waals surface area contributed by atoms with Crippen molar-refractivity contribution in [3.8, 4) is 0 Å². The van der Waals surface area contributed by atoms with Crippen LogP contribution >= 0.6 is 0 Å². The fourth-order valence-electron chi connectivity index (χ4n) is 2.81. The van der Waals surface area contributed by atoms with Crippen molar-refractivity contribution in [1.29, 1.82) is 0 Å². The lowest BCUT2D eigenvalue weighted by atomic mass is 9.92. The SMILES string of the molecule is CC(N)C1CCCN(c2ccc(S(C)(=O)=O)cc2[N+](=O)[O-])C1. The summed E-state index contributed by atoms with van der Waals surface area (Å²) < 4.78 is 23.2. The molecule has 0 saturated carbocycles. The summed E-state index contributed by atoms with van der Waals surface area (Å²) >= 11 is 0. The largest absolute Gasteiger partial charge is 0.366 e. The Kier molecular flexibility index (Phi) is 4.72. The number of piperidine rings is 1. The molecule has 1 aliphatic heterocycles. The topological polar surface area (TPSA) is 107 Å². The van der Waals surface area contributed by atoms with E-state index in [1.807, 2.05) is 11.8 Å². The van der Waals surface area contributed by atoms with E-state index in [0.717, 1.165) is 25.2 Å². The molecule has 7 nitrogen and oxygen atoms in total. The molecule has 0 radical (unpaired) electrons. The molecule has 1 fully saturated rings. The van der Waals surface area contributed by atoms with Crippen LogP contribution in [0.1, 0.15) is 19.8 Å². The van der Waals surface area contributed by atoms with Crippen LogP contribution in [-0.4, -0.2) is 38.7 Å². The van der Waals surface area contributed by atoms with E-state index in [1.54, 1.807) is 0 Å². The molecule has 1 saturated heterocycles. The zero-order chi connectivity index (χ0) is 16.5. The molecule has 122 valence electrons. The summed E-state index contributed by atoms with van der Waals surface area (Å²) in [6, 6.07) is 4.11. The van der Waals surface area contributed by atoms with Crippen molar-refractivity contribution in [1.82, 2.24) is 0 Å². The van der Waals surface area contributed by atoms with Crippen molar-refractivity contribution in [2.45, 2.75) is 30.7 Å². The van der Waals surface area contributed by atoms with Gasteiger partial charge in [0.05, 0.1) is 9.82 Å². The summed E-state index contributed by atoms with van der Waals surface area (Å²) in [7, 11) is -3.47. The van der Waals surface area contributed by atoms with Crippen LogP contribution in [0.4, 0.5) is 11.4 Å². The van der Waals surface area contributed by atoms with E-state index in [-0.39, 0.29) is 22.5 Å². The summed E-state index contributed by atoms with van der Waals surface area (Å²) in [5.74, 6) is 0.280. The third-order valence-electron chi connectivity index (χ3n) is 4.11. The first-order valence-electron chi connectivity index (χ1n) is 7.19. The summed E-state index contributed by atoms with van der Waals surface area (Å²) in [4.78, 5) is 12.7. The third kappa shape index (κ3) is 3.56. The standard InChI is InChI=1S/C14H21N3O4S/c1-10(15)11-4-3-7-16(9-11)13-6-5-12(22(2,20)21)8-14(13)17(18)19/h5-6,8,10-11H,3-4,7,9,15H2,1-2H3. The van der Waals surface area contributed by atoms with Crippen LogP contribution in [0.5, 0.6) is 0 Å². The average Bonchev–Trinajstić information content (AvgIpc) is 2.45. The van der Waals surface area contributed by atoms with Gasteiger partial charge in [-0.25, -0.2) is 8.42 Å². The van der Waals surface area contributed by atoms with Gasteiger partial charge in [-0.05, 0) is 37.8 Å². The van der Waals surface area contributed by atoms with E-state index in [9.17, 15) is 18.5 Å². The van der Waals surface area contributed by atoms with Gasteiger partial charge in [0.1, 0.15) is 5.69 Å². The van der Waals surface area contributed by atoms with Gasteiger partial charge in [-0.15, -0.1) is 0 Å². The van der Waals surface area contributed by atoms with Gasteiger partial charge in [0, 0.05) is 31.5 Å². The maximum atomic E-state index is 11.6. The molecule has 0 aromatic heterocycles. The molecule has 0 bridgehead atoms. The van der Waals surface area contributed by atoms with E-state index in [0.29, 0.717) is 18.8 Å². The van der Waals surface area contributed by atoms with E-state index in [4.69, 9.17) is 5.73 Å². The molecular weight excluding hydrogens is 306 g/mol. The van der Waals surface area contributed by atoms with Crippen LogP contribution in [0, 0.1) is 16.0 Å². The van der Waals surface area contributed by atoms with Crippen LogP contribution < -0.4 is 10.6 Å². The fourth-order valence-corrected chi connectivity index (χ4v) is 3.45. The number of hydrogen-bond donors (Lipinski definition) is 1. The minimum absolute atomic E-state index is 0.0251. The van der Waals surface area contributed by atoms with Crippen LogP contribution in [-0.2, 0) is 9.84 Å². The zero-order valence-corrected chi connectivity index (χ0v) is 13.5. The minimum Gasteiger partial charge on any atom is -0.366 e. The molecular formula is C14H21N3O4S. The van der Waals surface area contributed by atoms with Crippen LogP contribution in [0.3, 0.4) is 0 Å². The maximum absolute atomic E-state index is 11.6. The Morgan fingerprint density at radius 2 is 2.14 bits per heavy atom. The van der Waals surface area contributed by atoms with E-state index in [1.165, 1.54) is 12.1 Å². The third-order valence-corrected chi connectivity index (χ3v) is 5.22. The van der Waals surface area contributed by atoms with Crippen molar-refractivity contribution in [3.05, 3.63) is 28.3 Å². The van der Waals surface area contributed by atoms with Gasteiger partial charge in [0.2, 0.25) is 0 Å². The molecule has 0 aliphatic carbocycles. The normalized spacial score (nSPS) is 20.7. The molecule has 0 amide bonds. The quantitative estimate of drug-likeness (QED) is 0.664. The lowest BCUT2D eigenvalue weighted by Gasteiger charge is -2.35. The number of nitrogens with two attached hydrogens (primary N) is 1. The van der Waals surface area contributed by atoms with E-state index >= 15 is 0 Å². The number of nitro benzene ring substituents is 1. The van der Waals surface area contributed by atoms with Crippen LogP contribution in [0.15, 0.2) is 23.1 Å². The van der Waals surface area contributed by atoms with Gasteiger partial charge >= 0.3 is 0 Å². The first-order chi connectivity index (χ1) is 10.2. The number of rotatable bonds is 4. The second kappa shape index (κ2) is 6.21. The molecule has 1 aliphatic rings. The highest BCUT2D eigenvalue weighted by atomic mass is 32.2. The first kappa shape index (κ1) is 16.7. The molecule has 8 heteroatoms. The fraction of sp³-hybridized carbons (Fsp3) is 0.571. The number of sulfone groups is 1. The van der Waals surface area contributed by atoms with Crippen molar-refractivity contribution in [2.75, 3.05) is 24.2 Å².